The average molecular weight is 347 g/mol. The highest BCUT2D eigenvalue weighted by atomic mass is 32.2. The summed E-state index contributed by atoms with van der Waals surface area (Å²) in [5, 5.41) is 0.569. The van der Waals surface area contributed by atoms with E-state index in [1.165, 1.54) is 4.57 Å². The molecule has 0 saturated carbocycles. The van der Waals surface area contributed by atoms with Crippen molar-refractivity contribution in [3.05, 3.63) is 45.1 Å². The van der Waals surface area contributed by atoms with Gasteiger partial charge in [-0.25, -0.2) is 4.79 Å². The Labute approximate surface area is 143 Å². The van der Waals surface area contributed by atoms with Gasteiger partial charge in [0.15, 0.2) is 0 Å². The van der Waals surface area contributed by atoms with Gasteiger partial charge in [-0.05, 0) is 24.3 Å². The lowest BCUT2D eigenvalue weighted by atomic mass is 9.95. The summed E-state index contributed by atoms with van der Waals surface area (Å²) in [6.07, 6.45) is 0.996. The molecule has 0 amide bonds. The summed E-state index contributed by atoms with van der Waals surface area (Å²) in [5.74, 6) is 2.02. The predicted molar refractivity (Wildman–Crippen MR) is 95.9 cm³/mol. The Morgan fingerprint density at radius 1 is 1.21 bits per heavy atom. The number of hydrogen-bond acceptors (Lipinski definition) is 5. The van der Waals surface area contributed by atoms with Crippen LogP contribution in [0.5, 0.6) is 0 Å². The SMILES string of the molecule is O=c1[nH]c2ccccc2c(=O)n1C[C@@]1(N2CCOCC2)CCSC1. The molecule has 2 saturated heterocycles. The maximum atomic E-state index is 12.9. The zero-order valence-corrected chi connectivity index (χ0v) is 14.3. The first kappa shape index (κ1) is 15.9. The molecule has 0 aliphatic carbocycles. The molecular formula is C17H21N3O3S. The minimum atomic E-state index is -0.316. The van der Waals surface area contributed by atoms with Gasteiger partial charge in [0.25, 0.3) is 5.56 Å². The van der Waals surface area contributed by atoms with Crippen LogP contribution in [0.4, 0.5) is 0 Å². The minimum absolute atomic E-state index is 0.131. The predicted octanol–water partition coefficient (Wildman–Crippen LogP) is 0.898. The van der Waals surface area contributed by atoms with E-state index in [9.17, 15) is 9.59 Å². The number of rotatable bonds is 3. The number of hydrogen-bond donors (Lipinski definition) is 1. The number of aromatic amines is 1. The molecule has 24 heavy (non-hydrogen) atoms. The molecule has 1 aromatic carbocycles. The van der Waals surface area contributed by atoms with Crippen molar-refractivity contribution in [2.24, 2.45) is 0 Å². The maximum Gasteiger partial charge on any atom is 0.328 e. The molecule has 1 atom stereocenters. The van der Waals surface area contributed by atoms with Gasteiger partial charge in [0.05, 0.1) is 30.7 Å². The number of H-pyrrole nitrogens is 1. The Balaban J connectivity index is 1.76. The van der Waals surface area contributed by atoms with Crippen molar-refractivity contribution < 1.29 is 4.74 Å². The molecule has 0 spiro atoms. The van der Waals surface area contributed by atoms with Crippen LogP contribution in [0, 0.1) is 0 Å². The summed E-state index contributed by atoms with van der Waals surface area (Å²) in [5.41, 5.74) is -0.0413. The van der Waals surface area contributed by atoms with Gasteiger partial charge in [-0.1, -0.05) is 12.1 Å². The summed E-state index contributed by atoms with van der Waals surface area (Å²) >= 11 is 1.90. The Morgan fingerprint density at radius 3 is 2.75 bits per heavy atom. The molecule has 4 rings (SSSR count). The van der Waals surface area contributed by atoms with Crippen LogP contribution in [0.15, 0.2) is 33.9 Å². The van der Waals surface area contributed by atoms with Gasteiger partial charge in [0.2, 0.25) is 0 Å². The average Bonchev–Trinajstić information content (AvgIpc) is 3.09. The summed E-state index contributed by atoms with van der Waals surface area (Å²) in [6, 6.07) is 7.20. The highest BCUT2D eigenvalue weighted by molar-refractivity contribution is 7.99. The van der Waals surface area contributed by atoms with E-state index in [2.05, 4.69) is 9.88 Å². The molecule has 7 heteroatoms. The van der Waals surface area contributed by atoms with Gasteiger partial charge in [-0.2, -0.15) is 11.8 Å². The first-order valence-electron chi connectivity index (χ1n) is 8.32. The third-order valence-electron chi connectivity index (χ3n) is 5.11. The number of aromatic nitrogens is 2. The smallest absolute Gasteiger partial charge is 0.328 e. The molecule has 6 nitrogen and oxygen atoms in total. The van der Waals surface area contributed by atoms with Gasteiger partial charge in [0.1, 0.15) is 0 Å². The Hall–Kier alpha value is -1.57. The second kappa shape index (κ2) is 6.38. The highest BCUT2D eigenvalue weighted by Crippen LogP contribution is 2.35. The van der Waals surface area contributed by atoms with E-state index < -0.39 is 0 Å². The maximum absolute atomic E-state index is 12.9. The molecule has 1 N–H and O–H groups in total. The highest BCUT2D eigenvalue weighted by Gasteiger charge is 2.41. The quantitative estimate of drug-likeness (QED) is 0.893. The molecule has 0 bridgehead atoms. The van der Waals surface area contributed by atoms with Crippen LogP contribution in [-0.4, -0.2) is 57.8 Å². The van der Waals surface area contributed by atoms with E-state index in [0.29, 0.717) is 17.4 Å². The molecule has 1 aromatic heterocycles. The number of nitrogens with zero attached hydrogens (tertiary/aromatic N) is 2. The fraction of sp³-hybridized carbons (Fsp3) is 0.529. The normalized spacial score (nSPS) is 25.3. The van der Waals surface area contributed by atoms with E-state index in [-0.39, 0.29) is 16.8 Å². The number of fused-ring (bicyclic) bond motifs is 1. The molecule has 0 unspecified atom stereocenters. The fourth-order valence-corrected chi connectivity index (χ4v) is 5.21. The molecule has 3 heterocycles. The van der Waals surface area contributed by atoms with Crippen LogP contribution >= 0.6 is 11.8 Å². The van der Waals surface area contributed by atoms with Crippen molar-refractivity contribution in [1.82, 2.24) is 14.5 Å². The zero-order chi connectivity index (χ0) is 16.6. The summed E-state index contributed by atoms with van der Waals surface area (Å²) in [7, 11) is 0. The third kappa shape index (κ3) is 2.70. The number of ether oxygens (including phenoxy) is 1. The number of nitrogens with one attached hydrogen (secondary N) is 1. The second-order valence-electron chi connectivity index (χ2n) is 6.49. The van der Waals surface area contributed by atoms with Crippen LogP contribution in [-0.2, 0) is 11.3 Å². The van der Waals surface area contributed by atoms with E-state index in [0.717, 1.165) is 44.2 Å². The van der Waals surface area contributed by atoms with Gasteiger partial charge >= 0.3 is 5.69 Å². The van der Waals surface area contributed by atoms with E-state index in [4.69, 9.17) is 4.74 Å². The molecular weight excluding hydrogens is 326 g/mol. The van der Waals surface area contributed by atoms with Crippen molar-refractivity contribution in [3.63, 3.8) is 0 Å². The van der Waals surface area contributed by atoms with Crippen LogP contribution in [0.1, 0.15) is 6.42 Å². The van der Waals surface area contributed by atoms with Crippen LogP contribution in [0.3, 0.4) is 0 Å². The molecule has 0 radical (unpaired) electrons. The number of benzene rings is 1. The van der Waals surface area contributed by atoms with E-state index >= 15 is 0 Å². The summed E-state index contributed by atoms with van der Waals surface area (Å²) < 4.78 is 6.87. The number of thioether (sulfide) groups is 1. The van der Waals surface area contributed by atoms with E-state index in [1.807, 2.05) is 23.9 Å². The first-order valence-corrected chi connectivity index (χ1v) is 9.48. The monoisotopic (exact) mass is 347 g/mol. The second-order valence-corrected chi connectivity index (χ2v) is 7.60. The van der Waals surface area contributed by atoms with Crippen LogP contribution < -0.4 is 11.2 Å². The summed E-state index contributed by atoms with van der Waals surface area (Å²) in [6.45, 7) is 3.60. The number of morpholine rings is 1. The van der Waals surface area contributed by atoms with Crippen LogP contribution in [0.2, 0.25) is 0 Å². The van der Waals surface area contributed by atoms with Gasteiger partial charge in [-0.15, -0.1) is 0 Å². The Kier molecular flexibility index (Phi) is 4.24. The lowest BCUT2D eigenvalue weighted by Crippen LogP contribution is -2.58. The third-order valence-corrected chi connectivity index (χ3v) is 6.34. The standard InChI is InChI=1S/C17H21N3O3S/c21-15-13-3-1-2-4-14(13)18-16(22)20(15)11-17(5-10-24-12-17)19-6-8-23-9-7-19/h1-4H,5-12H2,(H,18,22)/t17-/m0/s1. The van der Waals surface area contributed by atoms with Crippen molar-refractivity contribution >= 4 is 22.7 Å². The van der Waals surface area contributed by atoms with Crippen molar-refractivity contribution in [1.29, 1.82) is 0 Å². The lowest BCUT2D eigenvalue weighted by molar-refractivity contribution is -0.0202. The van der Waals surface area contributed by atoms with Crippen LogP contribution in [0.25, 0.3) is 10.9 Å². The Morgan fingerprint density at radius 2 is 2.00 bits per heavy atom. The molecule has 128 valence electrons. The molecule has 2 aliphatic rings. The fourth-order valence-electron chi connectivity index (χ4n) is 3.75. The van der Waals surface area contributed by atoms with Gasteiger partial charge in [0, 0.05) is 24.4 Å². The topological polar surface area (TPSA) is 67.3 Å². The van der Waals surface area contributed by atoms with Gasteiger partial charge in [-0.3, -0.25) is 14.3 Å². The lowest BCUT2D eigenvalue weighted by Gasteiger charge is -2.43. The number of para-hydroxylation sites is 1. The van der Waals surface area contributed by atoms with Crippen molar-refractivity contribution in [3.8, 4) is 0 Å². The molecule has 2 aliphatic heterocycles. The minimum Gasteiger partial charge on any atom is -0.379 e. The zero-order valence-electron chi connectivity index (χ0n) is 13.5. The van der Waals surface area contributed by atoms with Crippen molar-refractivity contribution in [2.45, 2.75) is 18.5 Å². The first-order chi connectivity index (χ1) is 11.7. The molecule has 2 fully saturated rings. The van der Waals surface area contributed by atoms with Gasteiger partial charge < -0.3 is 9.72 Å². The molecule has 2 aromatic rings. The van der Waals surface area contributed by atoms with Crippen molar-refractivity contribution in [2.75, 3.05) is 37.8 Å². The Bertz CT molecular complexity index is 848. The van der Waals surface area contributed by atoms with E-state index in [1.54, 1.807) is 12.1 Å². The largest absolute Gasteiger partial charge is 0.379 e. The summed E-state index contributed by atoms with van der Waals surface area (Å²) in [4.78, 5) is 30.6.